The van der Waals surface area contributed by atoms with Gasteiger partial charge in [0.05, 0.1) is 6.54 Å². The molecule has 0 aliphatic rings. The maximum atomic E-state index is 12.1. The Morgan fingerprint density at radius 1 is 1.36 bits per heavy atom. The number of nitrogens with one attached hydrogen (secondary N) is 2. The van der Waals surface area contributed by atoms with E-state index < -0.39 is 0 Å². The maximum Gasteiger partial charge on any atom is 0.319 e. The van der Waals surface area contributed by atoms with Crippen LogP contribution in [0, 0.1) is 0 Å². The Bertz CT molecular complexity index is 584. The van der Waals surface area contributed by atoms with E-state index in [-0.39, 0.29) is 12.1 Å². The first-order valence-corrected chi connectivity index (χ1v) is 7.31. The molecule has 0 spiro atoms. The molecule has 0 saturated heterocycles. The number of methoxy groups -OCH3 is 1. The molecule has 1 aromatic carbocycles. The minimum absolute atomic E-state index is 0.0539. The van der Waals surface area contributed by atoms with Crippen LogP contribution in [0.25, 0.3) is 0 Å². The van der Waals surface area contributed by atoms with Gasteiger partial charge in [0.15, 0.2) is 0 Å². The molecule has 1 unspecified atom stereocenters. The summed E-state index contributed by atoms with van der Waals surface area (Å²) in [4.78, 5) is 12.1. The van der Waals surface area contributed by atoms with Crippen molar-refractivity contribution in [2.24, 2.45) is 0 Å². The van der Waals surface area contributed by atoms with Crippen LogP contribution in [0.3, 0.4) is 0 Å². The summed E-state index contributed by atoms with van der Waals surface area (Å²) in [5.74, 6) is 0. The number of carbonyl (C=O) groups is 1. The van der Waals surface area contributed by atoms with Gasteiger partial charge in [-0.15, -0.1) is 0 Å². The van der Waals surface area contributed by atoms with Gasteiger partial charge in [-0.2, -0.15) is 5.10 Å². The van der Waals surface area contributed by atoms with E-state index in [4.69, 9.17) is 4.74 Å². The van der Waals surface area contributed by atoms with Gasteiger partial charge in [-0.25, -0.2) is 4.79 Å². The second kappa shape index (κ2) is 8.19. The van der Waals surface area contributed by atoms with E-state index >= 15 is 0 Å². The fourth-order valence-electron chi connectivity index (χ4n) is 2.10. The number of hydrogen-bond donors (Lipinski definition) is 2. The molecule has 2 aromatic rings. The van der Waals surface area contributed by atoms with Gasteiger partial charge in [0.25, 0.3) is 0 Å². The number of urea groups is 1. The molecule has 1 aromatic heterocycles. The topological polar surface area (TPSA) is 68.2 Å². The molecule has 0 radical (unpaired) electrons. The maximum absolute atomic E-state index is 12.1. The van der Waals surface area contributed by atoms with Crippen LogP contribution in [-0.2, 0) is 11.3 Å². The van der Waals surface area contributed by atoms with E-state index in [1.165, 1.54) is 0 Å². The minimum atomic E-state index is -0.212. The Balaban J connectivity index is 1.95. The summed E-state index contributed by atoms with van der Waals surface area (Å²) in [5.41, 5.74) is 1.79. The zero-order valence-electron chi connectivity index (χ0n) is 13.0. The summed E-state index contributed by atoms with van der Waals surface area (Å²) in [7, 11) is 1.65. The zero-order chi connectivity index (χ0) is 15.8. The van der Waals surface area contributed by atoms with Crippen LogP contribution in [0.2, 0.25) is 0 Å². The summed E-state index contributed by atoms with van der Waals surface area (Å²) >= 11 is 0. The first-order valence-electron chi connectivity index (χ1n) is 7.31. The number of anilines is 1. The molecular formula is C16H22N4O2. The van der Waals surface area contributed by atoms with Crippen LogP contribution in [0.1, 0.15) is 18.9 Å². The number of amides is 2. The standard InChI is InChI=1S/C16H22N4O2/c1-13(8-11-22-2)18-16(21)19-15-7-4-3-6-14(15)12-20-10-5-9-17-20/h3-7,9-10,13H,8,11-12H2,1-2H3,(H2,18,19,21). The molecule has 0 aliphatic carbocycles. The van der Waals surface area contributed by atoms with Crippen molar-refractivity contribution in [2.75, 3.05) is 19.0 Å². The molecule has 6 heteroatoms. The van der Waals surface area contributed by atoms with Gasteiger partial charge in [-0.05, 0) is 31.0 Å². The van der Waals surface area contributed by atoms with Crippen molar-refractivity contribution in [3.05, 3.63) is 48.3 Å². The molecule has 0 saturated carbocycles. The van der Waals surface area contributed by atoms with Crippen molar-refractivity contribution in [1.29, 1.82) is 0 Å². The summed E-state index contributed by atoms with van der Waals surface area (Å²) in [6.07, 6.45) is 4.41. The number of para-hydroxylation sites is 1. The molecule has 0 aliphatic heterocycles. The highest BCUT2D eigenvalue weighted by Crippen LogP contribution is 2.16. The van der Waals surface area contributed by atoms with E-state index in [2.05, 4.69) is 15.7 Å². The predicted octanol–water partition coefficient (Wildman–Crippen LogP) is 2.48. The summed E-state index contributed by atoms with van der Waals surface area (Å²) in [6, 6.07) is 9.43. The molecule has 22 heavy (non-hydrogen) atoms. The Labute approximate surface area is 130 Å². The fraction of sp³-hybridized carbons (Fsp3) is 0.375. The van der Waals surface area contributed by atoms with Gasteiger partial charge in [0.1, 0.15) is 0 Å². The number of hydrogen-bond acceptors (Lipinski definition) is 3. The van der Waals surface area contributed by atoms with Crippen LogP contribution in [-0.4, -0.2) is 35.6 Å². The largest absolute Gasteiger partial charge is 0.385 e. The molecule has 6 nitrogen and oxygen atoms in total. The molecule has 2 rings (SSSR count). The van der Waals surface area contributed by atoms with Crippen molar-refractivity contribution in [2.45, 2.75) is 25.9 Å². The third-order valence-electron chi connectivity index (χ3n) is 3.29. The van der Waals surface area contributed by atoms with Gasteiger partial charge < -0.3 is 15.4 Å². The second-order valence-electron chi connectivity index (χ2n) is 5.14. The highest BCUT2D eigenvalue weighted by Gasteiger charge is 2.09. The first-order chi connectivity index (χ1) is 10.7. The van der Waals surface area contributed by atoms with Crippen molar-refractivity contribution in [3.8, 4) is 0 Å². The van der Waals surface area contributed by atoms with Gasteiger partial charge in [0.2, 0.25) is 0 Å². The Hall–Kier alpha value is -2.34. The third kappa shape index (κ3) is 4.89. The van der Waals surface area contributed by atoms with Crippen LogP contribution in [0.5, 0.6) is 0 Å². The monoisotopic (exact) mass is 302 g/mol. The number of carbonyl (C=O) groups excluding carboxylic acids is 1. The van der Waals surface area contributed by atoms with E-state index in [1.54, 1.807) is 13.3 Å². The fourth-order valence-corrected chi connectivity index (χ4v) is 2.10. The van der Waals surface area contributed by atoms with Crippen molar-refractivity contribution in [1.82, 2.24) is 15.1 Å². The quantitative estimate of drug-likeness (QED) is 0.825. The Kier molecular flexibility index (Phi) is 5.97. The Morgan fingerprint density at radius 3 is 2.91 bits per heavy atom. The molecule has 0 bridgehead atoms. The summed E-state index contributed by atoms with van der Waals surface area (Å²) in [6.45, 7) is 3.19. The molecule has 2 amide bonds. The number of benzene rings is 1. The lowest BCUT2D eigenvalue weighted by molar-refractivity contribution is 0.185. The van der Waals surface area contributed by atoms with E-state index in [9.17, 15) is 4.79 Å². The van der Waals surface area contributed by atoms with Crippen LogP contribution < -0.4 is 10.6 Å². The SMILES string of the molecule is COCCC(C)NC(=O)Nc1ccccc1Cn1cccn1. The van der Waals surface area contributed by atoms with Crippen molar-refractivity contribution < 1.29 is 9.53 Å². The summed E-state index contributed by atoms with van der Waals surface area (Å²) in [5, 5.41) is 9.98. The zero-order valence-corrected chi connectivity index (χ0v) is 13.0. The molecule has 1 atom stereocenters. The third-order valence-corrected chi connectivity index (χ3v) is 3.29. The molecule has 0 fully saturated rings. The second-order valence-corrected chi connectivity index (χ2v) is 5.14. The minimum Gasteiger partial charge on any atom is -0.385 e. The Morgan fingerprint density at radius 2 is 2.18 bits per heavy atom. The highest BCUT2D eigenvalue weighted by atomic mass is 16.5. The van der Waals surface area contributed by atoms with Crippen molar-refractivity contribution >= 4 is 11.7 Å². The number of rotatable bonds is 7. The molecule has 2 N–H and O–H groups in total. The van der Waals surface area contributed by atoms with E-state index in [0.29, 0.717) is 13.2 Å². The average molecular weight is 302 g/mol. The first kappa shape index (κ1) is 16.0. The van der Waals surface area contributed by atoms with E-state index in [0.717, 1.165) is 17.7 Å². The lowest BCUT2D eigenvalue weighted by Gasteiger charge is -2.16. The normalized spacial score (nSPS) is 11.9. The lowest BCUT2D eigenvalue weighted by atomic mass is 10.2. The van der Waals surface area contributed by atoms with Crippen LogP contribution >= 0.6 is 0 Å². The van der Waals surface area contributed by atoms with Crippen molar-refractivity contribution in [3.63, 3.8) is 0 Å². The smallest absolute Gasteiger partial charge is 0.319 e. The number of ether oxygens (including phenoxy) is 1. The number of aromatic nitrogens is 2. The van der Waals surface area contributed by atoms with Gasteiger partial charge in [-0.3, -0.25) is 4.68 Å². The van der Waals surface area contributed by atoms with Gasteiger partial charge in [-0.1, -0.05) is 18.2 Å². The molecule has 118 valence electrons. The van der Waals surface area contributed by atoms with Crippen LogP contribution in [0.15, 0.2) is 42.7 Å². The van der Waals surface area contributed by atoms with Gasteiger partial charge >= 0.3 is 6.03 Å². The summed E-state index contributed by atoms with van der Waals surface area (Å²) < 4.78 is 6.83. The predicted molar refractivity (Wildman–Crippen MR) is 85.9 cm³/mol. The van der Waals surface area contributed by atoms with Crippen LogP contribution in [0.4, 0.5) is 10.5 Å². The lowest BCUT2D eigenvalue weighted by Crippen LogP contribution is -2.36. The average Bonchev–Trinajstić information content (AvgIpc) is 3.00. The molecule has 1 heterocycles. The highest BCUT2D eigenvalue weighted by molar-refractivity contribution is 5.90. The number of nitrogens with zero attached hydrogens (tertiary/aromatic N) is 2. The van der Waals surface area contributed by atoms with Gasteiger partial charge in [0, 0.05) is 37.8 Å². The van der Waals surface area contributed by atoms with E-state index in [1.807, 2.05) is 48.1 Å². The molecular weight excluding hydrogens is 280 g/mol.